The summed E-state index contributed by atoms with van der Waals surface area (Å²) in [4.78, 5) is 11.6. The molecular formula is C14H13F3N4OS. The zero-order valence-electron chi connectivity index (χ0n) is 11.9. The third kappa shape index (κ3) is 3.84. The van der Waals surface area contributed by atoms with Gasteiger partial charge in [-0.3, -0.25) is 4.98 Å². The molecule has 9 heteroatoms. The fourth-order valence-corrected chi connectivity index (χ4v) is 2.99. The van der Waals surface area contributed by atoms with E-state index < -0.39 is 11.9 Å². The van der Waals surface area contributed by atoms with Gasteiger partial charge in [-0.1, -0.05) is 11.8 Å². The normalized spacial score (nSPS) is 13.7. The van der Waals surface area contributed by atoms with Gasteiger partial charge >= 0.3 is 6.18 Å². The number of ether oxygens (including phenoxy) is 1. The Balaban J connectivity index is 1.63. The molecule has 1 aliphatic rings. The summed E-state index contributed by atoms with van der Waals surface area (Å²) in [6, 6.07) is 2.69. The molecule has 0 amide bonds. The predicted octanol–water partition coefficient (Wildman–Crippen LogP) is 2.74. The van der Waals surface area contributed by atoms with E-state index in [1.807, 2.05) is 6.07 Å². The largest absolute Gasteiger partial charge is 0.491 e. The Morgan fingerprint density at radius 3 is 2.87 bits per heavy atom. The maximum absolute atomic E-state index is 12.7. The summed E-state index contributed by atoms with van der Waals surface area (Å²) in [5, 5.41) is 0.0156. The molecule has 0 saturated heterocycles. The number of rotatable bonds is 4. The van der Waals surface area contributed by atoms with Gasteiger partial charge in [-0.15, -0.1) is 0 Å². The first-order valence-electron chi connectivity index (χ1n) is 6.87. The van der Waals surface area contributed by atoms with Gasteiger partial charge < -0.3 is 10.5 Å². The summed E-state index contributed by atoms with van der Waals surface area (Å²) in [6.45, 7) is 0.659. The van der Waals surface area contributed by atoms with E-state index in [0.717, 1.165) is 41.3 Å². The molecule has 2 aromatic rings. The summed E-state index contributed by atoms with van der Waals surface area (Å²) in [5.74, 6) is 1.12. The van der Waals surface area contributed by atoms with Crippen LogP contribution >= 0.6 is 11.8 Å². The lowest BCUT2D eigenvalue weighted by Crippen LogP contribution is -2.11. The second kappa shape index (κ2) is 6.23. The van der Waals surface area contributed by atoms with E-state index in [0.29, 0.717) is 18.8 Å². The molecule has 2 N–H and O–H groups in total. The Kier molecular flexibility index (Phi) is 4.29. The van der Waals surface area contributed by atoms with Crippen molar-refractivity contribution < 1.29 is 17.9 Å². The molecule has 122 valence electrons. The van der Waals surface area contributed by atoms with Crippen LogP contribution in [0.4, 0.5) is 19.0 Å². The maximum Gasteiger partial charge on any atom is 0.433 e. The average molecular weight is 342 g/mol. The van der Waals surface area contributed by atoms with Crippen molar-refractivity contribution in [2.45, 2.75) is 24.2 Å². The smallest absolute Gasteiger partial charge is 0.433 e. The SMILES string of the molecule is Nc1cc(C(F)(F)F)nc(SCCc2cc3c(cn2)OCC3)n1. The van der Waals surface area contributed by atoms with Crippen LogP contribution in [-0.4, -0.2) is 27.3 Å². The van der Waals surface area contributed by atoms with Crippen LogP contribution in [0.1, 0.15) is 17.0 Å². The zero-order valence-corrected chi connectivity index (χ0v) is 12.7. The molecule has 3 rings (SSSR count). The molecule has 0 aliphatic carbocycles. The second-order valence-corrected chi connectivity index (χ2v) is 6.00. The highest BCUT2D eigenvalue weighted by Crippen LogP contribution is 2.30. The quantitative estimate of drug-likeness (QED) is 0.680. The van der Waals surface area contributed by atoms with Gasteiger partial charge in [0, 0.05) is 29.5 Å². The van der Waals surface area contributed by atoms with Crippen LogP contribution in [0.2, 0.25) is 0 Å². The number of anilines is 1. The Bertz CT molecular complexity index is 724. The van der Waals surface area contributed by atoms with Crippen molar-refractivity contribution >= 4 is 17.6 Å². The number of pyridine rings is 1. The first kappa shape index (κ1) is 15.9. The highest BCUT2D eigenvalue weighted by atomic mass is 32.2. The lowest BCUT2D eigenvalue weighted by Gasteiger charge is -2.08. The van der Waals surface area contributed by atoms with Gasteiger partial charge in [0.15, 0.2) is 10.9 Å². The minimum atomic E-state index is -4.53. The number of aryl methyl sites for hydroxylation is 1. The first-order valence-corrected chi connectivity index (χ1v) is 7.85. The number of alkyl halides is 3. The van der Waals surface area contributed by atoms with Crippen LogP contribution in [0.3, 0.4) is 0 Å². The van der Waals surface area contributed by atoms with Crippen LogP contribution in [0.15, 0.2) is 23.5 Å². The Morgan fingerprint density at radius 2 is 2.09 bits per heavy atom. The standard InChI is InChI=1S/C14H13F3N4OS/c15-14(16,17)11-6-12(18)21-13(20-11)23-4-2-9-5-8-1-3-22-10(8)7-19-9/h5-7H,1-4H2,(H2,18,20,21). The Morgan fingerprint density at radius 1 is 1.26 bits per heavy atom. The summed E-state index contributed by atoms with van der Waals surface area (Å²) in [7, 11) is 0. The number of fused-ring (bicyclic) bond motifs is 1. The zero-order chi connectivity index (χ0) is 16.4. The monoisotopic (exact) mass is 342 g/mol. The van der Waals surface area contributed by atoms with Crippen molar-refractivity contribution in [2.75, 3.05) is 18.1 Å². The molecule has 0 radical (unpaired) electrons. The lowest BCUT2D eigenvalue weighted by molar-refractivity contribution is -0.141. The van der Waals surface area contributed by atoms with Gasteiger partial charge in [0.1, 0.15) is 11.6 Å². The van der Waals surface area contributed by atoms with Crippen LogP contribution < -0.4 is 10.5 Å². The number of nitrogens with zero attached hydrogens (tertiary/aromatic N) is 3. The third-order valence-corrected chi connectivity index (χ3v) is 4.09. The predicted molar refractivity (Wildman–Crippen MR) is 79.3 cm³/mol. The molecule has 5 nitrogen and oxygen atoms in total. The van der Waals surface area contributed by atoms with Crippen molar-refractivity contribution in [1.82, 2.24) is 15.0 Å². The molecule has 0 aromatic carbocycles. The Hall–Kier alpha value is -2.03. The van der Waals surface area contributed by atoms with Gasteiger partial charge in [-0.2, -0.15) is 13.2 Å². The van der Waals surface area contributed by atoms with Crippen LogP contribution in [-0.2, 0) is 19.0 Å². The molecule has 1 aliphatic heterocycles. The van der Waals surface area contributed by atoms with E-state index in [4.69, 9.17) is 10.5 Å². The van der Waals surface area contributed by atoms with E-state index in [-0.39, 0.29) is 11.0 Å². The average Bonchev–Trinajstić information content (AvgIpc) is 2.93. The highest BCUT2D eigenvalue weighted by molar-refractivity contribution is 7.99. The molecule has 3 heterocycles. The van der Waals surface area contributed by atoms with E-state index in [1.54, 1.807) is 6.20 Å². The van der Waals surface area contributed by atoms with Gasteiger partial charge in [-0.05, 0) is 12.5 Å². The third-order valence-electron chi connectivity index (χ3n) is 3.24. The van der Waals surface area contributed by atoms with Crippen molar-refractivity contribution in [2.24, 2.45) is 0 Å². The lowest BCUT2D eigenvalue weighted by atomic mass is 10.1. The van der Waals surface area contributed by atoms with Crippen LogP contribution in [0.25, 0.3) is 0 Å². The van der Waals surface area contributed by atoms with Gasteiger partial charge in [-0.25, -0.2) is 9.97 Å². The van der Waals surface area contributed by atoms with E-state index in [1.165, 1.54) is 0 Å². The number of nitrogen functional groups attached to an aromatic ring is 1. The second-order valence-electron chi connectivity index (χ2n) is 4.94. The van der Waals surface area contributed by atoms with Gasteiger partial charge in [0.2, 0.25) is 0 Å². The summed E-state index contributed by atoms with van der Waals surface area (Å²) in [6.07, 6.45) is -1.41. The fraction of sp³-hybridized carbons (Fsp3) is 0.357. The van der Waals surface area contributed by atoms with Crippen LogP contribution in [0.5, 0.6) is 5.75 Å². The molecular weight excluding hydrogens is 329 g/mol. The molecule has 2 aromatic heterocycles. The van der Waals surface area contributed by atoms with Crippen molar-refractivity contribution in [1.29, 1.82) is 0 Å². The Labute approximate surface area is 134 Å². The number of hydrogen-bond donors (Lipinski definition) is 1. The van der Waals surface area contributed by atoms with Crippen molar-refractivity contribution in [3.05, 3.63) is 35.3 Å². The molecule has 0 spiro atoms. The molecule has 0 atom stereocenters. The van der Waals surface area contributed by atoms with Gasteiger partial charge in [0.05, 0.1) is 12.8 Å². The number of hydrogen-bond acceptors (Lipinski definition) is 6. The molecule has 0 fully saturated rings. The molecule has 0 unspecified atom stereocenters. The summed E-state index contributed by atoms with van der Waals surface area (Å²) >= 11 is 1.12. The molecule has 23 heavy (non-hydrogen) atoms. The fourth-order valence-electron chi connectivity index (χ4n) is 2.17. The topological polar surface area (TPSA) is 73.9 Å². The summed E-state index contributed by atoms with van der Waals surface area (Å²) < 4.78 is 43.4. The maximum atomic E-state index is 12.7. The van der Waals surface area contributed by atoms with E-state index in [2.05, 4.69) is 15.0 Å². The number of aromatic nitrogens is 3. The van der Waals surface area contributed by atoms with Crippen LogP contribution in [0, 0.1) is 0 Å². The minimum Gasteiger partial charge on any atom is -0.491 e. The van der Waals surface area contributed by atoms with Gasteiger partial charge in [0.25, 0.3) is 0 Å². The van der Waals surface area contributed by atoms with E-state index >= 15 is 0 Å². The number of nitrogens with two attached hydrogens (primary N) is 1. The minimum absolute atomic E-state index is 0.0156. The van der Waals surface area contributed by atoms with Crippen molar-refractivity contribution in [3.63, 3.8) is 0 Å². The molecule has 0 saturated carbocycles. The highest BCUT2D eigenvalue weighted by Gasteiger charge is 2.33. The van der Waals surface area contributed by atoms with Crippen molar-refractivity contribution in [3.8, 4) is 5.75 Å². The first-order chi connectivity index (χ1) is 10.9. The molecule has 0 bridgehead atoms. The number of thioether (sulfide) groups is 1. The van der Waals surface area contributed by atoms with E-state index in [9.17, 15) is 13.2 Å². The summed E-state index contributed by atoms with van der Waals surface area (Å²) in [5.41, 5.74) is 6.36. The number of halogens is 3.